The summed E-state index contributed by atoms with van der Waals surface area (Å²) < 4.78 is 0. The van der Waals surface area contributed by atoms with Crippen molar-refractivity contribution in [2.45, 2.75) is 13.8 Å². The summed E-state index contributed by atoms with van der Waals surface area (Å²) in [5.41, 5.74) is 0. The Hall–Kier alpha value is 0.430. The summed E-state index contributed by atoms with van der Waals surface area (Å²) in [5, 5.41) is 0. The largest absolute Gasteiger partial charge is 0.122 e. The van der Waals surface area contributed by atoms with Crippen LogP contribution in [-0.4, -0.2) is 12.3 Å². The van der Waals surface area contributed by atoms with Gasteiger partial charge in [0.1, 0.15) is 0 Å². The summed E-state index contributed by atoms with van der Waals surface area (Å²) in [7, 11) is 1.27. The van der Waals surface area contributed by atoms with Gasteiger partial charge in [0.15, 0.2) is 0 Å². The van der Waals surface area contributed by atoms with Crippen molar-refractivity contribution in [3.63, 3.8) is 0 Å². The molecular formula is C6H13P. The maximum Gasteiger partial charge on any atom is -0.0325 e. The molecule has 0 amide bonds. The molecule has 2 unspecified atom stereocenters. The second-order valence-corrected chi connectivity index (χ2v) is 3.93. The molecule has 0 aromatic rings. The van der Waals surface area contributed by atoms with Crippen molar-refractivity contribution >= 4 is 8.58 Å². The molecule has 7 heavy (non-hydrogen) atoms. The van der Waals surface area contributed by atoms with E-state index < -0.39 is 0 Å². The van der Waals surface area contributed by atoms with Crippen molar-refractivity contribution in [3.8, 4) is 0 Å². The monoisotopic (exact) mass is 116 g/mol. The van der Waals surface area contributed by atoms with Crippen LogP contribution in [0.2, 0.25) is 0 Å². The highest BCUT2D eigenvalue weighted by molar-refractivity contribution is 7.38. The molecule has 2 atom stereocenters. The van der Waals surface area contributed by atoms with Gasteiger partial charge in [-0.05, 0) is 24.2 Å². The van der Waals surface area contributed by atoms with Crippen molar-refractivity contribution in [2.75, 3.05) is 12.3 Å². The smallest absolute Gasteiger partial charge is 0.0325 e. The molecule has 42 valence electrons. The average molecular weight is 116 g/mol. The first-order valence-corrected chi connectivity index (χ1v) is 4.43. The van der Waals surface area contributed by atoms with E-state index in [0.717, 1.165) is 11.8 Å². The van der Waals surface area contributed by atoms with Gasteiger partial charge in [-0.15, -0.1) is 8.58 Å². The second-order valence-electron chi connectivity index (χ2n) is 2.61. The maximum atomic E-state index is 2.37. The normalized spacial score (nSPS) is 45.4. The first-order valence-electron chi connectivity index (χ1n) is 3.01. The Morgan fingerprint density at radius 2 is 1.57 bits per heavy atom. The zero-order valence-electron chi connectivity index (χ0n) is 5.07. The Kier molecular flexibility index (Phi) is 1.69. The molecule has 1 aliphatic heterocycles. The summed E-state index contributed by atoms with van der Waals surface area (Å²) in [6, 6.07) is 0. The molecule has 0 aromatic heterocycles. The van der Waals surface area contributed by atoms with Crippen LogP contribution >= 0.6 is 8.58 Å². The van der Waals surface area contributed by atoms with Gasteiger partial charge in [-0.1, -0.05) is 13.8 Å². The van der Waals surface area contributed by atoms with Crippen molar-refractivity contribution in [1.82, 2.24) is 0 Å². The summed E-state index contributed by atoms with van der Waals surface area (Å²) in [4.78, 5) is 0. The molecule has 1 heteroatoms. The SMILES string of the molecule is CC1CPCC1C. The van der Waals surface area contributed by atoms with E-state index in [1.807, 2.05) is 0 Å². The lowest BCUT2D eigenvalue weighted by Gasteiger charge is -2.04. The van der Waals surface area contributed by atoms with E-state index in [1.54, 1.807) is 0 Å². The summed E-state index contributed by atoms with van der Waals surface area (Å²) in [6.07, 6.45) is 3.00. The number of rotatable bonds is 0. The molecule has 1 aliphatic rings. The van der Waals surface area contributed by atoms with E-state index >= 15 is 0 Å². The first kappa shape index (κ1) is 5.56. The highest BCUT2D eigenvalue weighted by Gasteiger charge is 2.17. The fourth-order valence-electron chi connectivity index (χ4n) is 0.941. The molecule has 0 aromatic carbocycles. The van der Waals surface area contributed by atoms with E-state index in [2.05, 4.69) is 13.8 Å². The highest BCUT2D eigenvalue weighted by atomic mass is 31.1. The van der Waals surface area contributed by atoms with Crippen LogP contribution in [0.5, 0.6) is 0 Å². The van der Waals surface area contributed by atoms with Crippen molar-refractivity contribution < 1.29 is 0 Å². The Bertz CT molecular complexity index is 53.2. The standard InChI is InChI=1S/C6H13P/c1-5-3-7-4-6(5)2/h5-7H,3-4H2,1-2H3. The second kappa shape index (κ2) is 2.13. The van der Waals surface area contributed by atoms with Crippen molar-refractivity contribution in [1.29, 1.82) is 0 Å². The Morgan fingerprint density at radius 1 is 1.14 bits per heavy atom. The quantitative estimate of drug-likeness (QED) is 0.424. The van der Waals surface area contributed by atoms with Crippen LogP contribution in [0.1, 0.15) is 13.8 Å². The molecule has 1 fully saturated rings. The first-order chi connectivity index (χ1) is 3.30. The lowest BCUT2D eigenvalue weighted by molar-refractivity contribution is 0.494. The van der Waals surface area contributed by atoms with Crippen LogP contribution in [-0.2, 0) is 0 Å². The summed E-state index contributed by atoms with van der Waals surface area (Å²) >= 11 is 0. The van der Waals surface area contributed by atoms with Gasteiger partial charge >= 0.3 is 0 Å². The molecule has 0 aliphatic carbocycles. The van der Waals surface area contributed by atoms with Gasteiger partial charge in [-0.3, -0.25) is 0 Å². The molecule has 1 rings (SSSR count). The van der Waals surface area contributed by atoms with Gasteiger partial charge in [-0.2, -0.15) is 0 Å². The van der Waals surface area contributed by atoms with Gasteiger partial charge in [-0.25, -0.2) is 0 Å². The average Bonchev–Trinajstić information content (AvgIpc) is 1.91. The van der Waals surface area contributed by atoms with E-state index in [0.29, 0.717) is 0 Å². The fraction of sp³-hybridized carbons (Fsp3) is 1.00. The minimum Gasteiger partial charge on any atom is -0.122 e. The van der Waals surface area contributed by atoms with Crippen molar-refractivity contribution in [2.24, 2.45) is 11.8 Å². The predicted molar refractivity (Wildman–Crippen MR) is 36.4 cm³/mol. The van der Waals surface area contributed by atoms with Crippen LogP contribution in [0, 0.1) is 11.8 Å². The minimum atomic E-state index is 1.03. The third-order valence-corrected chi connectivity index (χ3v) is 3.77. The van der Waals surface area contributed by atoms with E-state index in [-0.39, 0.29) is 0 Å². The Labute approximate surface area is 47.5 Å². The number of hydrogen-bond acceptors (Lipinski definition) is 0. The molecule has 1 saturated heterocycles. The van der Waals surface area contributed by atoms with E-state index in [1.165, 1.54) is 20.9 Å². The van der Waals surface area contributed by atoms with E-state index in [9.17, 15) is 0 Å². The summed E-state index contributed by atoms with van der Waals surface area (Å²) in [5.74, 6) is 2.05. The van der Waals surface area contributed by atoms with E-state index in [4.69, 9.17) is 0 Å². The van der Waals surface area contributed by atoms with Crippen LogP contribution in [0.25, 0.3) is 0 Å². The van der Waals surface area contributed by atoms with Gasteiger partial charge in [0.05, 0.1) is 0 Å². The lowest BCUT2D eigenvalue weighted by atomic mass is 10.0. The maximum absolute atomic E-state index is 2.37. The topological polar surface area (TPSA) is 0 Å². The van der Waals surface area contributed by atoms with Crippen molar-refractivity contribution in [3.05, 3.63) is 0 Å². The zero-order chi connectivity index (χ0) is 5.28. The number of hydrogen-bond donors (Lipinski definition) is 0. The summed E-state index contributed by atoms with van der Waals surface area (Å²) in [6.45, 7) is 4.73. The Morgan fingerprint density at radius 3 is 1.71 bits per heavy atom. The zero-order valence-corrected chi connectivity index (χ0v) is 6.07. The van der Waals surface area contributed by atoms with Crippen LogP contribution in [0.4, 0.5) is 0 Å². The molecular weight excluding hydrogens is 103 g/mol. The fourth-order valence-corrected chi connectivity index (χ4v) is 2.82. The predicted octanol–water partition coefficient (Wildman–Crippen LogP) is 1.95. The van der Waals surface area contributed by atoms with Crippen LogP contribution in [0.15, 0.2) is 0 Å². The molecule has 0 nitrogen and oxygen atoms in total. The molecule has 0 bridgehead atoms. The van der Waals surface area contributed by atoms with Crippen LogP contribution < -0.4 is 0 Å². The third kappa shape index (κ3) is 1.16. The molecule has 0 saturated carbocycles. The minimum absolute atomic E-state index is 1.03. The van der Waals surface area contributed by atoms with Gasteiger partial charge in [0, 0.05) is 0 Å². The molecule has 0 N–H and O–H groups in total. The van der Waals surface area contributed by atoms with Gasteiger partial charge in [0.25, 0.3) is 0 Å². The molecule has 1 heterocycles. The highest BCUT2D eigenvalue weighted by Crippen LogP contribution is 2.33. The molecule has 0 radical (unpaired) electrons. The molecule has 0 spiro atoms. The van der Waals surface area contributed by atoms with Crippen LogP contribution in [0.3, 0.4) is 0 Å². The van der Waals surface area contributed by atoms with Gasteiger partial charge < -0.3 is 0 Å². The third-order valence-electron chi connectivity index (χ3n) is 1.90. The van der Waals surface area contributed by atoms with Gasteiger partial charge in [0.2, 0.25) is 0 Å². The lowest BCUT2D eigenvalue weighted by Crippen LogP contribution is -2.01. The Balaban J connectivity index is 2.33.